The van der Waals surface area contributed by atoms with Gasteiger partial charge in [-0.2, -0.15) is 0 Å². The quantitative estimate of drug-likeness (QED) is 0.689. The average Bonchev–Trinajstić information content (AvgIpc) is 2.97. The van der Waals surface area contributed by atoms with E-state index in [0.717, 1.165) is 19.3 Å². The molecule has 23 heavy (non-hydrogen) atoms. The van der Waals surface area contributed by atoms with Crippen LogP contribution in [0.2, 0.25) is 0 Å². The third kappa shape index (κ3) is 5.33. The molecule has 0 unspecified atom stereocenters. The van der Waals surface area contributed by atoms with Gasteiger partial charge < -0.3 is 9.80 Å². The minimum atomic E-state index is -0.393. The van der Waals surface area contributed by atoms with Crippen molar-refractivity contribution in [3.8, 4) is 0 Å². The standard InChI is InChI=1S/C18H32N2O3/c1-6-7-10-17(22)20-11-8-9-15(20)18(23)19(5)16(14(4)21)12-13(2)3/h13,15-16H,6-12H2,1-5H3/t15-,16+/m0/s1. The van der Waals surface area contributed by atoms with Gasteiger partial charge in [0.2, 0.25) is 11.8 Å². The van der Waals surface area contributed by atoms with Crippen molar-refractivity contribution in [1.82, 2.24) is 9.80 Å². The Morgan fingerprint density at radius 2 is 1.91 bits per heavy atom. The summed E-state index contributed by atoms with van der Waals surface area (Å²) in [6.07, 6.45) is 4.55. The number of nitrogens with zero attached hydrogens (tertiary/aromatic N) is 2. The average molecular weight is 324 g/mol. The summed E-state index contributed by atoms with van der Waals surface area (Å²) < 4.78 is 0. The van der Waals surface area contributed by atoms with E-state index in [1.807, 2.05) is 13.8 Å². The summed E-state index contributed by atoms with van der Waals surface area (Å²) in [7, 11) is 1.70. The predicted octanol–water partition coefficient (Wildman–Crippen LogP) is 2.63. The van der Waals surface area contributed by atoms with E-state index in [2.05, 4.69) is 6.92 Å². The van der Waals surface area contributed by atoms with Crippen LogP contribution in [0.1, 0.15) is 66.2 Å². The molecule has 0 aliphatic carbocycles. The number of likely N-dealkylation sites (N-methyl/N-ethyl adjacent to an activating group) is 1. The molecule has 0 spiro atoms. The van der Waals surface area contributed by atoms with Crippen LogP contribution in [0.4, 0.5) is 0 Å². The van der Waals surface area contributed by atoms with Gasteiger partial charge in [-0.25, -0.2) is 0 Å². The molecule has 1 fully saturated rings. The number of hydrogen-bond acceptors (Lipinski definition) is 3. The number of likely N-dealkylation sites (tertiary alicyclic amines) is 1. The van der Waals surface area contributed by atoms with Crippen LogP contribution in [-0.2, 0) is 14.4 Å². The van der Waals surface area contributed by atoms with Gasteiger partial charge in [0.1, 0.15) is 6.04 Å². The third-order valence-corrected chi connectivity index (χ3v) is 4.58. The van der Waals surface area contributed by atoms with E-state index in [1.54, 1.807) is 16.8 Å². The highest BCUT2D eigenvalue weighted by atomic mass is 16.2. The maximum absolute atomic E-state index is 12.8. The van der Waals surface area contributed by atoms with E-state index >= 15 is 0 Å². The third-order valence-electron chi connectivity index (χ3n) is 4.58. The summed E-state index contributed by atoms with van der Waals surface area (Å²) in [5.41, 5.74) is 0. The van der Waals surface area contributed by atoms with E-state index in [4.69, 9.17) is 0 Å². The minimum Gasteiger partial charge on any atom is -0.334 e. The van der Waals surface area contributed by atoms with Gasteiger partial charge in [-0.1, -0.05) is 27.2 Å². The minimum absolute atomic E-state index is 0.0106. The number of carbonyl (C=O) groups excluding carboxylic acids is 3. The van der Waals surface area contributed by atoms with E-state index in [-0.39, 0.29) is 17.6 Å². The fourth-order valence-electron chi connectivity index (χ4n) is 3.23. The Morgan fingerprint density at radius 1 is 1.26 bits per heavy atom. The molecule has 0 saturated carbocycles. The molecule has 0 aromatic carbocycles. The van der Waals surface area contributed by atoms with Gasteiger partial charge >= 0.3 is 0 Å². The first-order valence-electron chi connectivity index (χ1n) is 8.86. The predicted molar refractivity (Wildman–Crippen MR) is 91.0 cm³/mol. The van der Waals surface area contributed by atoms with Crippen LogP contribution in [-0.4, -0.2) is 53.1 Å². The van der Waals surface area contributed by atoms with Gasteiger partial charge in [0.15, 0.2) is 5.78 Å². The van der Waals surface area contributed by atoms with Crippen molar-refractivity contribution in [1.29, 1.82) is 0 Å². The number of ketones is 1. The largest absolute Gasteiger partial charge is 0.334 e. The summed E-state index contributed by atoms with van der Waals surface area (Å²) in [5.74, 6) is 0.328. The van der Waals surface area contributed by atoms with Gasteiger partial charge in [0.25, 0.3) is 0 Å². The van der Waals surface area contributed by atoms with Crippen LogP contribution < -0.4 is 0 Å². The molecule has 1 rings (SSSR count). The van der Waals surface area contributed by atoms with Gasteiger partial charge in [-0.05, 0) is 38.5 Å². The van der Waals surface area contributed by atoms with Crippen LogP contribution in [0.25, 0.3) is 0 Å². The number of carbonyl (C=O) groups is 3. The molecule has 1 heterocycles. The van der Waals surface area contributed by atoms with Crippen molar-refractivity contribution in [3.63, 3.8) is 0 Å². The molecular formula is C18H32N2O3. The van der Waals surface area contributed by atoms with E-state index in [1.165, 1.54) is 6.92 Å². The molecule has 5 nitrogen and oxygen atoms in total. The fourth-order valence-corrected chi connectivity index (χ4v) is 3.23. The smallest absolute Gasteiger partial charge is 0.245 e. The van der Waals surface area contributed by atoms with Gasteiger partial charge in [0, 0.05) is 20.0 Å². The Kier molecular flexibility index (Phi) is 7.73. The van der Waals surface area contributed by atoms with Crippen molar-refractivity contribution < 1.29 is 14.4 Å². The molecule has 1 aliphatic rings. The normalized spacial score (nSPS) is 19.0. The molecule has 0 radical (unpaired) electrons. The molecule has 0 aromatic rings. The second-order valence-electron chi connectivity index (χ2n) is 7.05. The molecule has 132 valence electrons. The lowest BCUT2D eigenvalue weighted by Crippen LogP contribution is -2.51. The number of rotatable bonds is 8. The Bertz CT molecular complexity index is 434. The van der Waals surface area contributed by atoms with E-state index in [0.29, 0.717) is 31.7 Å². The van der Waals surface area contributed by atoms with Crippen molar-refractivity contribution in [3.05, 3.63) is 0 Å². The summed E-state index contributed by atoms with van der Waals surface area (Å²) in [6.45, 7) is 8.34. The molecule has 2 atom stereocenters. The van der Waals surface area contributed by atoms with E-state index in [9.17, 15) is 14.4 Å². The van der Waals surface area contributed by atoms with Crippen LogP contribution >= 0.6 is 0 Å². The Hall–Kier alpha value is -1.39. The first-order valence-corrected chi connectivity index (χ1v) is 8.86. The molecule has 0 bridgehead atoms. The summed E-state index contributed by atoms with van der Waals surface area (Å²) >= 11 is 0. The maximum Gasteiger partial charge on any atom is 0.245 e. The summed E-state index contributed by atoms with van der Waals surface area (Å²) in [6, 6.07) is -0.783. The zero-order valence-corrected chi connectivity index (χ0v) is 15.3. The van der Waals surface area contributed by atoms with Crippen LogP contribution in [0.5, 0.6) is 0 Å². The number of amides is 2. The highest BCUT2D eigenvalue weighted by molar-refractivity contribution is 5.92. The first-order chi connectivity index (χ1) is 10.8. The molecule has 0 N–H and O–H groups in total. The Morgan fingerprint density at radius 3 is 2.43 bits per heavy atom. The topological polar surface area (TPSA) is 57.7 Å². The Balaban J connectivity index is 2.80. The maximum atomic E-state index is 12.8. The van der Waals surface area contributed by atoms with Gasteiger partial charge in [-0.15, -0.1) is 0 Å². The highest BCUT2D eigenvalue weighted by Crippen LogP contribution is 2.23. The van der Waals surface area contributed by atoms with Crippen LogP contribution in [0.15, 0.2) is 0 Å². The number of hydrogen-bond donors (Lipinski definition) is 0. The summed E-state index contributed by atoms with van der Waals surface area (Å²) in [4.78, 5) is 40.4. The molecular weight excluding hydrogens is 292 g/mol. The SMILES string of the molecule is CCCCC(=O)N1CCC[C@H]1C(=O)N(C)[C@H](CC(C)C)C(C)=O. The van der Waals surface area contributed by atoms with E-state index < -0.39 is 12.1 Å². The van der Waals surface area contributed by atoms with Crippen LogP contribution in [0, 0.1) is 5.92 Å². The monoisotopic (exact) mass is 324 g/mol. The second-order valence-corrected chi connectivity index (χ2v) is 7.05. The summed E-state index contributed by atoms with van der Waals surface area (Å²) in [5, 5.41) is 0. The van der Waals surface area contributed by atoms with Crippen molar-refractivity contribution in [2.24, 2.45) is 5.92 Å². The molecule has 1 saturated heterocycles. The number of Topliss-reactive ketones (excluding diaryl/α,β-unsaturated/α-hetero) is 1. The van der Waals surface area contributed by atoms with Crippen LogP contribution in [0.3, 0.4) is 0 Å². The van der Waals surface area contributed by atoms with Crippen molar-refractivity contribution in [2.45, 2.75) is 78.3 Å². The second kappa shape index (κ2) is 9.04. The van der Waals surface area contributed by atoms with Crippen molar-refractivity contribution >= 4 is 17.6 Å². The Labute approximate surface area is 140 Å². The lowest BCUT2D eigenvalue weighted by molar-refractivity contribution is -0.146. The zero-order chi connectivity index (χ0) is 17.6. The molecule has 2 amide bonds. The lowest BCUT2D eigenvalue weighted by atomic mass is 9.99. The molecule has 5 heteroatoms. The first kappa shape index (κ1) is 19.7. The highest BCUT2D eigenvalue weighted by Gasteiger charge is 2.37. The fraction of sp³-hybridized carbons (Fsp3) is 0.833. The van der Waals surface area contributed by atoms with Crippen molar-refractivity contribution in [2.75, 3.05) is 13.6 Å². The number of unbranched alkanes of at least 4 members (excludes halogenated alkanes) is 1. The van der Waals surface area contributed by atoms with Gasteiger partial charge in [-0.3, -0.25) is 14.4 Å². The lowest BCUT2D eigenvalue weighted by Gasteiger charge is -2.33. The zero-order valence-electron chi connectivity index (χ0n) is 15.3. The molecule has 0 aromatic heterocycles. The van der Waals surface area contributed by atoms with Gasteiger partial charge in [0.05, 0.1) is 6.04 Å². The molecule has 1 aliphatic heterocycles.